The lowest BCUT2D eigenvalue weighted by Crippen LogP contribution is -2.29. The molecule has 1 aliphatic heterocycles. The van der Waals surface area contributed by atoms with Gasteiger partial charge in [0.2, 0.25) is 0 Å². The van der Waals surface area contributed by atoms with Crippen molar-refractivity contribution in [2.24, 2.45) is 5.10 Å². The second-order valence-electron chi connectivity index (χ2n) is 5.58. The van der Waals surface area contributed by atoms with Crippen molar-refractivity contribution in [3.05, 3.63) is 57.0 Å². The third-order valence-corrected chi connectivity index (χ3v) is 4.53. The van der Waals surface area contributed by atoms with Crippen LogP contribution >= 0.6 is 34.8 Å². The van der Waals surface area contributed by atoms with Crippen LogP contribution in [0.4, 0.5) is 11.4 Å². The predicted octanol–water partition coefficient (Wildman–Crippen LogP) is 4.99. The molecule has 25 heavy (non-hydrogen) atoms. The molecule has 2 aromatic carbocycles. The van der Waals surface area contributed by atoms with Gasteiger partial charge in [-0.1, -0.05) is 34.8 Å². The minimum atomic E-state index is -0.310. The first-order valence-electron chi connectivity index (χ1n) is 7.56. The number of amides is 1. The zero-order chi connectivity index (χ0) is 18.0. The molecular formula is C17H15Cl3N4O. The predicted molar refractivity (Wildman–Crippen MR) is 104 cm³/mol. The Morgan fingerprint density at radius 1 is 1.12 bits per heavy atom. The Morgan fingerprint density at radius 3 is 2.32 bits per heavy atom. The molecule has 0 radical (unpaired) electrons. The van der Waals surface area contributed by atoms with E-state index in [9.17, 15) is 4.79 Å². The number of hydrazine groups is 1. The quantitative estimate of drug-likeness (QED) is 0.715. The molecule has 0 saturated carbocycles. The highest BCUT2D eigenvalue weighted by Crippen LogP contribution is 2.33. The first-order chi connectivity index (χ1) is 11.9. The van der Waals surface area contributed by atoms with Crippen LogP contribution in [0.1, 0.15) is 23.7 Å². The number of benzene rings is 2. The van der Waals surface area contributed by atoms with Crippen LogP contribution in [0.2, 0.25) is 15.1 Å². The Hall–Kier alpha value is -1.95. The van der Waals surface area contributed by atoms with Crippen molar-refractivity contribution < 1.29 is 4.79 Å². The summed E-state index contributed by atoms with van der Waals surface area (Å²) in [5, 5.41) is 7.40. The fraction of sp³-hybridized carbons (Fsp3) is 0.176. The molecule has 0 spiro atoms. The van der Waals surface area contributed by atoms with Gasteiger partial charge in [-0.05, 0) is 43.3 Å². The number of nitrogens with one attached hydrogen (secondary N) is 2. The second-order valence-corrected chi connectivity index (χ2v) is 6.83. The van der Waals surface area contributed by atoms with Crippen LogP contribution in [0, 0.1) is 0 Å². The number of anilines is 2. The highest BCUT2D eigenvalue weighted by atomic mass is 35.5. The van der Waals surface area contributed by atoms with E-state index >= 15 is 0 Å². The minimum absolute atomic E-state index is 0.310. The van der Waals surface area contributed by atoms with Gasteiger partial charge in [0.15, 0.2) is 0 Å². The van der Waals surface area contributed by atoms with E-state index < -0.39 is 0 Å². The number of carbonyl (C=O) groups excluding carboxylic acids is 1. The topological polar surface area (TPSA) is 56.7 Å². The van der Waals surface area contributed by atoms with Gasteiger partial charge in [-0.3, -0.25) is 20.7 Å². The van der Waals surface area contributed by atoms with Gasteiger partial charge in [-0.2, -0.15) is 5.10 Å². The monoisotopic (exact) mass is 396 g/mol. The average Bonchev–Trinajstić information content (AvgIpc) is 3.00. The first-order valence-corrected chi connectivity index (χ1v) is 8.70. The Kier molecular flexibility index (Phi) is 5.37. The Bertz CT molecular complexity index is 813. The Labute approximate surface area is 160 Å². The van der Waals surface area contributed by atoms with E-state index in [1.165, 1.54) is 12.1 Å². The van der Waals surface area contributed by atoms with E-state index in [2.05, 4.69) is 16.0 Å². The van der Waals surface area contributed by atoms with Crippen LogP contribution in [0.3, 0.4) is 0 Å². The van der Waals surface area contributed by atoms with E-state index in [-0.39, 0.29) is 5.91 Å². The van der Waals surface area contributed by atoms with Crippen molar-refractivity contribution in [2.45, 2.75) is 13.3 Å². The van der Waals surface area contributed by atoms with Crippen LogP contribution in [0.25, 0.3) is 0 Å². The fourth-order valence-corrected chi connectivity index (χ4v) is 3.31. The van der Waals surface area contributed by atoms with Crippen LogP contribution in [-0.2, 0) is 0 Å². The highest BCUT2D eigenvalue weighted by Gasteiger charge is 2.14. The van der Waals surface area contributed by atoms with Crippen molar-refractivity contribution in [1.29, 1.82) is 0 Å². The van der Waals surface area contributed by atoms with E-state index in [0.29, 0.717) is 26.3 Å². The van der Waals surface area contributed by atoms with E-state index in [1.807, 2.05) is 24.1 Å². The van der Waals surface area contributed by atoms with E-state index in [4.69, 9.17) is 34.8 Å². The lowest BCUT2D eigenvalue weighted by molar-refractivity contribution is 0.0962. The van der Waals surface area contributed by atoms with Gasteiger partial charge < -0.3 is 0 Å². The lowest BCUT2D eigenvalue weighted by atomic mass is 10.2. The number of nitrogens with zero attached hydrogens (tertiary/aromatic N) is 2. The van der Waals surface area contributed by atoms with Crippen molar-refractivity contribution in [3.8, 4) is 0 Å². The molecule has 2 aromatic rings. The molecule has 1 heterocycles. The zero-order valence-electron chi connectivity index (χ0n) is 13.3. The standard InChI is InChI=1S/C17H15Cl3N4O/c1-10-6-7-24(23-10)13-4-2-11(3-5-13)17(25)22-21-16-14(19)8-12(18)9-15(16)20/h2-5,8-9,21H,6-7H2,1H3,(H,22,25). The van der Waals surface area contributed by atoms with Gasteiger partial charge in [0.25, 0.3) is 5.91 Å². The van der Waals surface area contributed by atoms with Crippen molar-refractivity contribution >= 4 is 57.8 Å². The minimum Gasteiger partial charge on any atom is -0.295 e. The Balaban J connectivity index is 1.66. The molecule has 0 saturated heterocycles. The number of hydrogen-bond donors (Lipinski definition) is 2. The summed E-state index contributed by atoms with van der Waals surface area (Å²) in [4.78, 5) is 12.3. The molecule has 1 amide bonds. The molecule has 0 bridgehead atoms. The summed E-state index contributed by atoms with van der Waals surface area (Å²) < 4.78 is 0. The maximum Gasteiger partial charge on any atom is 0.269 e. The average molecular weight is 398 g/mol. The van der Waals surface area contributed by atoms with Gasteiger partial charge in [0.05, 0.1) is 21.4 Å². The number of hydrogen-bond acceptors (Lipinski definition) is 4. The van der Waals surface area contributed by atoms with E-state index in [0.717, 1.165) is 24.4 Å². The van der Waals surface area contributed by atoms with Gasteiger partial charge in [-0.15, -0.1) is 0 Å². The summed E-state index contributed by atoms with van der Waals surface area (Å²) in [6.45, 7) is 2.85. The summed E-state index contributed by atoms with van der Waals surface area (Å²) in [5.74, 6) is -0.310. The summed E-state index contributed by atoms with van der Waals surface area (Å²) in [6, 6.07) is 10.3. The molecule has 3 rings (SSSR count). The molecule has 0 aromatic heterocycles. The Morgan fingerprint density at radius 2 is 1.76 bits per heavy atom. The zero-order valence-corrected chi connectivity index (χ0v) is 15.6. The first kappa shape index (κ1) is 17.9. The maximum atomic E-state index is 12.3. The van der Waals surface area contributed by atoms with Crippen molar-refractivity contribution in [3.63, 3.8) is 0 Å². The van der Waals surface area contributed by atoms with Gasteiger partial charge >= 0.3 is 0 Å². The fourth-order valence-electron chi connectivity index (χ4n) is 2.40. The largest absolute Gasteiger partial charge is 0.295 e. The molecule has 5 nitrogen and oxygen atoms in total. The third kappa shape index (κ3) is 4.18. The van der Waals surface area contributed by atoms with Crippen molar-refractivity contribution in [2.75, 3.05) is 17.0 Å². The summed E-state index contributed by atoms with van der Waals surface area (Å²) in [7, 11) is 0. The normalized spacial score (nSPS) is 13.6. The van der Waals surface area contributed by atoms with Gasteiger partial charge in [0, 0.05) is 29.3 Å². The number of rotatable bonds is 4. The SMILES string of the molecule is CC1=NN(c2ccc(C(=O)NNc3c(Cl)cc(Cl)cc3Cl)cc2)CC1. The lowest BCUT2D eigenvalue weighted by Gasteiger charge is -2.15. The smallest absolute Gasteiger partial charge is 0.269 e. The van der Waals surface area contributed by atoms with Crippen LogP contribution in [0.5, 0.6) is 0 Å². The number of carbonyl (C=O) groups is 1. The van der Waals surface area contributed by atoms with Crippen molar-refractivity contribution in [1.82, 2.24) is 5.43 Å². The third-order valence-electron chi connectivity index (χ3n) is 3.71. The summed E-state index contributed by atoms with van der Waals surface area (Å²) >= 11 is 18.0. The van der Waals surface area contributed by atoms with Crippen LogP contribution in [-0.4, -0.2) is 18.2 Å². The molecular weight excluding hydrogens is 383 g/mol. The molecule has 0 atom stereocenters. The summed E-state index contributed by atoms with van der Waals surface area (Å²) in [5.41, 5.74) is 8.23. The molecule has 0 unspecified atom stereocenters. The molecule has 2 N–H and O–H groups in total. The molecule has 130 valence electrons. The maximum absolute atomic E-state index is 12.3. The molecule has 0 aliphatic carbocycles. The second kappa shape index (κ2) is 7.52. The molecule has 1 aliphatic rings. The molecule has 8 heteroatoms. The van der Waals surface area contributed by atoms with E-state index in [1.54, 1.807) is 12.1 Å². The van der Waals surface area contributed by atoms with Gasteiger partial charge in [0.1, 0.15) is 0 Å². The summed E-state index contributed by atoms with van der Waals surface area (Å²) in [6.07, 6.45) is 0.953. The highest BCUT2D eigenvalue weighted by molar-refractivity contribution is 6.41. The van der Waals surface area contributed by atoms with Gasteiger partial charge in [-0.25, -0.2) is 0 Å². The van der Waals surface area contributed by atoms with Crippen LogP contribution < -0.4 is 15.9 Å². The van der Waals surface area contributed by atoms with Crippen LogP contribution in [0.15, 0.2) is 41.5 Å². The number of hydrazone groups is 1. The number of halogens is 3. The molecule has 0 fully saturated rings.